The van der Waals surface area contributed by atoms with Crippen LogP contribution in [0.1, 0.15) is 12.5 Å². The molecule has 1 heterocycles. The fourth-order valence-electron chi connectivity index (χ4n) is 1.39. The summed E-state index contributed by atoms with van der Waals surface area (Å²) in [4.78, 5) is 18.7. The highest BCUT2D eigenvalue weighted by atomic mass is 127. The molecule has 0 unspecified atom stereocenters. The van der Waals surface area contributed by atoms with Crippen molar-refractivity contribution in [3.8, 4) is 0 Å². The van der Waals surface area contributed by atoms with Gasteiger partial charge in [-0.15, -0.1) is 0 Å². The van der Waals surface area contributed by atoms with Crippen LogP contribution in [-0.2, 0) is 0 Å². The maximum absolute atomic E-state index is 11.0. The first-order chi connectivity index (χ1) is 6.59. The second-order valence-corrected chi connectivity index (χ2v) is 4.24. The number of nitrogens with zero attached hydrogens (tertiary/aromatic N) is 2. The molecular formula is C10H7IN2O. The maximum atomic E-state index is 11.0. The summed E-state index contributed by atoms with van der Waals surface area (Å²) < 4.78 is 1.04. The van der Waals surface area contributed by atoms with Gasteiger partial charge in [-0.3, -0.25) is 0 Å². The highest BCUT2D eigenvalue weighted by Crippen LogP contribution is 2.14. The maximum Gasteiger partial charge on any atom is 0.368 e. The van der Waals surface area contributed by atoms with E-state index in [9.17, 15) is 4.79 Å². The van der Waals surface area contributed by atoms with Crippen LogP contribution in [0.15, 0.2) is 28.7 Å². The smallest absolute Gasteiger partial charge is 0.244 e. The van der Waals surface area contributed by atoms with Crippen molar-refractivity contribution in [1.82, 2.24) is 0 Å². The number of rotatable bonds is 1. The molecule has 1 aliphatic rings. The first-order valence-corrected chi connectivity index (χ1v) is 5.13. The summed E-state index contributed by atoms with van der Waals surface area (Å²) in [6.07, 6.45) is 0. The van der Waals surface area contributed by atoms with Crippen LogP contribution in [0.2, 0.25) is 0 Å². The Morgan fingerprint density at radius 3 is 2.79 bits per heavy atom. The van der Waals surface area contributed by atoms with Gasteiger partial charge < -0.3 is 0 Å². The van der Waals surface area contributed by atoms with Crippen molar-refractivity contribution >= 4 is 34.2 Å². The van der Waals surface area contributed by atoms with Gasteiger partial charge in [0.1, 0.15) is 5.36 Å². The van der Waals surface area contributed by atoms with E-state index in [2.05, 4.69) is 39.2 Å². The molecular weight excluding hydrogens is 291 g/mol. The number of hydrogen-bond acceptors (Lipinski definition) is 1. The molecule has 4 heteroatoms. The minimum Gasteiger partial charge on any atom is -0.244 e. The zero-order valence-corrected chi connectivity index (χ0v) is 9.70. The summed E-state index contributed by atoms with van der Waals surface area (Å²) in [6, 6.07) is 3.29. The lowest BCUT2D eigenvalue weighted by atomic mass is 10.1. The minimum atomic E-state index is -0.426. The van der Waals surface area contributed by atoms with E-state index in [4.69, 9.17) is 0 Å². The van der Waals surface area contributed by atoms with E-state index in [-0.39, 0.29) is 0 Å². The van der Waals surface area contributed by atoms with Crippen LogP contribution in [0.25, 0.3) is 5.57 Å². The molecule has 0 saturated heterocycles. The van der Waals surface area contributed by atoms with Crippen molar-refractivity contribution in [2.45, 2.75) is 6.92 Å². The number of urea groups is 1. The first-order valence-electron chi connectivity index (χ1n) is 4.05. The molecule has 0 N–H and O–H groups in total. The van der Waals surface area contributed by atoms with E-state index in [1.165, 1.54) is 0 Å². The zero-order chi connectivity index (χ0) is 10.3. The molecule has 0 saturated carbocycles. The summed E-state index contributed by atoms with van der Waals surface area (Å²) in [5.41, 5.74) is 1.83. The fourth-order valence-corrected chi connectivity index (χ4v) is 2.28. The SMILES string of the molecule is C=C(C)c1c(I)ccc2c1=NC(=O)N=2. The summed E-state index contributed by atoms with van der Waals surface area (Å²) in [5.74, 6) is 0. The standard InChI is InChI=1S/C10H7IN2O/c1-5(2)8-6(11)3-4-7-9(8)13-10(14)12-7/h3-4H,1H2,2H3. The fraction of sp³-hybridized carbons (Fsp3) is 0.100. The molecule has 70 valence electrons. The Bertz CT molecular complexity index is 560. The molecule has 2 rings (SSSR count). The van der Waals surface area contributed by atoms with Crippen LogP contribution >= 0.6 is 22.6 Å². The van der Waals surface area contributed by atoms with Crippen LogP contribution < -0.4 is 10.7 Å². The van der Waals surface area contributed by atoms with Crippen molar-refractivity contribution in [2.75, 3.05) is 0 Å². The van der Waals surface area contributed by atoms with E-state index < -0.39 is 6.03 Å². The summed E-state index contributed by atoms with van der Waals surface area (Å²) in [6.45, 7) is 5.77. The molecule has 0 spiro atoms. The van der Waals surface area contributed by atoms with E-state index in [1.807, 2.05) is 13.0 Å². The lowest BCUT2D eigenvalue weighted by Crippen LogP contribution is -2.26. The van der Waals surface area contributed by atoms with Crippen LogP contribution in [-0.4, -0.2) is 6.03 Å². The van der Waals surface area contributed by atoms with Gasteiger partial charge in [0.25, 0.3) is 0 Å². The minimum absolute atomic E-state index is 0.426. The molecule has 1 aromatic rings. The third-order valence-corrected chi connectivity index (χ3v) is 2.86. The van der Waals surface area contributed by atoms with Crippen LogP contribution in [0.5, 0.6) is 0 Å². The molecule has 14 heavy (non-hydrogen) atoms. The van der Waals surface area contributed by atoms with E-state index in [0.29, 0.717) is 10.7 Å². The second-order valence-electron chi connectivity index (χ2n) is 3.08. The molecule has 0 bridgehead atoms. The Hall–Kier alpha value is -1.04. The number of halogens is 1. The van der Waals surface area contributed by atoms with Gasteiger partial charge in [-0.25, -0.2) is 4.79 Å². The van der Waals surface area contributed by atoms with Crippen LogP contribution in [0.3, 0.4) is 0 Å². The van der Waals surface area contributed by atoms with Gasteiger partial charge in [0.15, 0.2) is 0 Å². The van der Waals surface area contributed by atoms with Crippen molar-refractivity contribution in [1.29, 1.82) is 0 Å². The van der Waals surface area contributed by atoms with Crippen LogP contribution in [0, 0.1) is 3.57 Å². The van der Waals surface area contributed by atoms with Crippen molar-refractivity contribution in [3.63, 3.8) is 0 Å². The quantitative estimate of drug-likeness (QED) is 0.728. The average Bonchev–Trinajstić information content (AvgIpc) is 2.43. The highest BCUT2D eigenvalue weighted by molar-refractivity contribution is 14.1. The monoisotopic (exact) mass is 298 g/mol. The van der Waals surface area contributed by atoms with Crippen molar-refractivity contribution < 1.29 is 4.79 Å². The predicted molar refractivity (Wildman–Crippen MR) is 61.6 cm³/mol. The number of carbonyl (C=O) groups excluding carboxylic acids is 1. The van der Waals surface area contributed by atoms with Gasteiger partial charge in [-0.05, 0) is 47.2 Å². The molecule has 1 aromatic carbocycles. The Balaban J connectivity index is 2.94. The number of carbonyl (C=O) groups is 1. The van der Waals surface area contributed by atoms with Gasteiger partial charge in [-0.2, -0.15) is 9.98 Å². The van der Waals surface area contributed by atoms with Gasteiger partial charge >= 0.3 is 6.03 Å². The first kappa shape index (κ1) is 9.51. The Morgan fingerprint density at radius 1 is 1.43 bits per heavy atom. The number of allylic oxidation sites excluding steroid dienone is 1. The third kappa shape index (κ3) is 1.39. The highest BCUT2D eigenvalue weighted by Gasteiger charge is 2.11. The van der Waals surface area contributed by atoms with E-state index in [0.717, 1.165) is 14.7 Å². The Kier molecular flexibility index (Phi) is 2.22. The van der Waals surface area contributed by atoms with Gasteiger partial charge in [0.05, 0.1) is 5.36 Å². The molecule has 0 aromatic heterocycles. The Morgan fingerprint density at radius 2 is 2.14 bits per heavy atom. The third-order valence-electron chi connectivity index (χ3n) is 1.96. The van der Waals surface area contributed by atoms with Gasteiger partial charge in [0, 0.05) is 9.13 Å². The van der Waals surface area contributed by atoms with Crippen LogP contribution in [0.4, 0.5) is 4.79 Å². The van der Waals surface area contributed by atoms with E-state index >= 15 is 0 Å². The lowest BCUT2D eigenvalue weighted by Gasteiger charge is -2.01. The lowest BCUT2D eigenvalue weighted by molar-refractivity contribution is 0.256. The Labute approximate surface area is 94.4 Å². The second kappa shape index (κ2) is 3.27. The molecule has 0 radical (unpaired) electrons. The molecule has 3 nitrogen and oxygen atoms in total. The largest absolute Gasteiger partial charge is 0.368 e. The summed E-state index contributed by atoms with van der Waals surface area (Å²) in [7, 11) is 0. The summed E-state index contributed by atoms with van der Waals surface area (Å²) >= 11 is 2.20. The van der Waals surface area contributed by atoms with Gasteiger partial charge in [0.2, 0.25) is 0 Å². The number of benzene rings is 1. The number of fused-ring (bicyclic) bond motifs is 1. The summed E-state index contributed by atoms with van der Waals surface area (Å²) in [5, 5.41) is 1.31. The normalized spacial score (nSPS) is 13.1. The average molecular weight is 298 g/mol. The molecule has 0 aliphatic carbocycles. The molecule has 0 fully saturated rings. The molecule has 1 aliphatic heterocycles. The predicted octanol–water partition coefficient (Wildman–Crippen LogP) is 1.70. The molecule has 2 amide bonds. The van der Waals surface area contributed by atoms with Crippen molar-refractivity contribution in [2.24, 2.45) is 9.98 Å². The van der Waals surface area contributed by atoms with E-state index in [1.54, 1.807) is 6.07 Å². The van der Waals surface area contributed by atoms with Gasteiger partial charge in [-0.1, -0.05) is 6.58 Å². The topological polar surface area (TPSA) is 41.8 Å². The number of amides is 2. The zero-order valence-electron chi connectivity index (χ0n) is 7.54. The van der Waals surface area contributed by atoms with Crippen molar-refractivity contribution in [3.05, 3.63) is 38.6 Å². The molecule has 0 atom stereocenters. The number of hydrogen-bond donors (Lipinski definition) is 0.